The summed E-state index contributed by atoms with van der Waals surface area (Å²) in [7, 11) is 0. The van der Waals surface area contributed by atoms with E-state index in [1.54, 1.807) is 0 Å². The van der Waals surface area contributed by atoms with Crippen molar-refractivity contribution in [1.82, 2.24) is 20.2 Å². The van der Waals surface area contributed by atoms with Gasteiger partial charge in [-0.1, -0.05) is 12.1 Å². The molecule has 0 saturated carbocycles. The van der Waals surface area contributed by atoms with Crippen molar-refractivity contribution in [1.29, 1.82) is 0 Å². The van der Waals surface area contributed by atoms with E-state index in [1.807, 2.05) is 36.7 Å². The van der Waals surface area contributed by atoms with Crippen LogP contribution in [0.25, 0.3) is 0 Å². The molecule has 2 aromatic rings. The van der Waals surface area contributed by atoms with Crippen LogP contribution in [0.1, 0.15) is 17.4 Å². The number of hydrogen-bond acceptors (Lipinski definition) is 4. The van der Waals surface area contributed by atoms with Crippen molar-refractivity contribution in [3.05, 3.63) is 60.2 Å². The van der Waals surface area contributed by atoms with E-state index < -0.39 is 0 Å². The second-order valence-electron chi connectivity index (χ2n) is 4.70. The molecule has 0 atom stereocenters. The molecule has 1 saturated heterocycles. The molecular formula is C15H18N4. The summed E-state index contributed by atoms with van der Waals surface area (Å²) in [6.45, 7) is 4.10. The molecule has 0 bridgehead atoms. The minimum atomic E-state index is 0.157. The molecule has 4 heteroatoms. The van der Waals surface area contributed by atoms with Crippen molar-refractivity contribution in [2.75, 3.05) is 26.2 Å². The van der Waals surface area contributed by atoms with Crippen LogP contribution in [0.2, 0.25) is 0 Å². The van der Waals surface area contributed by atoms with E-state index in [2.05, 4.69) is 32.3 Å². The van der Waals surface area contributed by atoms with Crippen LogP contribution in [-0.2, 0) is 0 Å². The van der Waals surface area contributed by atoms with Crippen LogP contribution in [0.15, 0.2) is 48.8 Å². The first kappa shape index (κ1) is 12.3. The molecule has 3 rings (SSSR count). The first-order valence-corrected chi connectivity index (χ1v) is 6.72. The van der Waals surface area contributed by atoms with E-state index in [0.29, 0.717) is 0 Å². The van der Waals surface area contributed by atoms with Gasteiger partial charge >= 0.3 is 0 Å². The molecule has 4 nitrogen and oxygen atoms in total. The standard InChI is InChI=1S/C15H18N4/c1-3-7-17-13(5-1)15(14-6-2-4-8-18-14)19-11-9-16-10-12-19/h1-8,15-16H,9-12H2. The van der Waals surface area contributed by atoms with Gasteiger partial charge in [0.25, 0.3) is 0 Å². The minimum absolute atomic E-state index is 0.157. The molecule has 0 amide bonds. The monoisotopic (exact) mass is 254 g/mol. The molecule has 3 heterocycles. The van der Waals surface area contributed by atoms with Crippen LogP contribution in [0, 0.1) is 0 Å². The molecule has 2 aromatic heterocycles. The highest BCUT2D eigenvalue weighted by Gasteiger charge is 2.25. The number of pyridine rings is 2. The average molecular weight is 254 g/mol. The van der Waals surface area contributed by atoms with Gasteiger partial charge in [-0.05, 0) is 24.3 Å². The van der Waals surface area contributed by atoms with Crippen molar-refractivity contribution < 1.29 is 0 Å². The molecule has 1 aliphatic heterocycles. The lowest BCUT2D eigenvalue weighted by atomic mass is 10.1. The fourth-order valence-electron chi connectivity index (χ4n) is 2.54. The molecule has 1 fully saturated rings. The molecule has 0 unspecified atom stereocenters. The highest BCUT2D eigenvalue weighted by molar-refractivity contribution is 5.22. The van der Waals surface area contributed by atoms with Gasteiger partial charge in [0.2, 0.25) is 0 Å². The van der Waals surface area contributed by atoms with Crippen molar-refractivity contribution in [3.63, 3.8) is 0 Å². The number of rotatable bonds is 3. The topological polar surface area (TPSA) is 41.1 Å². The van der Waals surface area contributed by atoms with Gasteiger partial charge in [0.05, 0.1) is 17.4 Å². The summed E-state index contributed by atoms with van der Waals surface area (Å²) in [5.41, 5.74) is 2.14. The summed E-state index contributed by atoms with van der Waals surface area (Å²) in [5.74, 6) is 0. The summed E-state index contributed by atoms with van der Waals surface area (Å²) in [6, 6.07) is 12.3. The van der Waals surface area contributed by atoms with E-state index in [-0.39, 0.29) is 6.04 Å². The van der Waals surface area contributed by atoms with Crippen LogP contribution >= 0.6 is 0 Å². The second kappa shape index (κ2) is 5.91. The zero-order valence-corrected chi connectivity index (χ0v) is 10.9. The number of piperazine rings is 1. The Hall–Kier alpha value is -1.78. The summed E-state index contributed by atoms with van der Waals surface area (Å²) in [4.78, 5) is 11.5. The molecule has 0 spiro atoms. The first-order chi connectivity index (χ1) is 9.45. The quantitative estimate of drug-likeness (QED) is 0.900. The molecule has 0 aliphatic carbocycles. The normalized spacial score (nSPS) is 16.7. The number of nitrogens with one attached hydrogen (secondary N) is 1. The van der Waals surface area contributed by atoms with Crippen molar-refractivity contribution in [2.45, 2.75) is 6.04 Å². The van der Waals surface area contributed by atoms with Crippen LogP contribution in [-0.4, -0.2) is 41.0 Å². The minimum Gasteiger partial charge on any atom is -0.314 e. The second-order valence-corrected chi connectivity index (χ2v) is 4.70. The maximum Gasteiger partial charge on any atom is 0.0950 e. The van der Waals surface area contributed by atoms with Gasteiger partial charge in [-0.3, -0.25) is 14.9 Å². The summed E-state index contributed by atoms with van der Waals surface area (Å²) < 4.78 is 0. The maximum absolute atomic E-state index is 4.53. The molecule has 1 N–H and O–H groups in total. The summed E-state index contributed by atoms with van der Waals surface area (Å²) in [5, 5.41) is 3.39. The number of aromatic nitrogens is 2. The highest BCUT2D eigenvalue weighted by atomic mass is 15.2. The highest BCUT2D eigenvalue weighted by Crippen LogP contribution is 2.25. The third-order valence-corrected chi connectivity index (χ3v) is 3.45. The fourth-order valence-corrected chi connectivity index (χ4v) is 2.54. The Morgan fingerprint density at radius 1 is 0.895 bits per heavy atom. The molecule has 1 aliphatic rings. The average Bonchev–Trinajstić information content (AvgIpc) is 2.51. The van der Waals surface area contributed by atoms with Gasteiger partial charge in [-0.2, -0.15) is 0 Å². The molecule has 0 radical (unpaired) electrons. The Morgan fingerprint density at radius 3 is 1.95 bits per heavy atom. The SMILES string of the molecule is c1ccc(C(c2ccccn2)N2CCNCC2)nc1. The van der Waals surface area contributed by atoms with Crippen LogP contribution < -0.4 is 5.32 Å². The smallest absolute Gasteiger partial charge is 0.0950 e. The third-order valence-electron chi connectivity index (χ3n) is 3.45. The Kier molecular flexibility index (Phi) is 3.81. The zero-order chi connectivity index (χ0) is 12.9. The Morgan fingerprint density at radius 2 is 1.47 bits per heavy atom. The zero-order valence-electron chi connectivity index (χ0n) is 10.9. The molecule has 19 heavy (non-hydrogen) atoms. The Labute approximate surface area is 113 Å². The van der Waals surface area contributed by atoms with Gasteiger partial charge in [0, 0.05) is 38.6 Å². The van der Waals surface area contributed by atoms with E-state index in [1.165, 1.54) is 0 Å². The van der Waals surface area contributed by atoms with Gasteiger partial charge < -0.3 is 5.32 Å². The van der Waals surface area contributed by atoms with Gasteiger partial charge in [-0.25, -0.2) is 0 Å². The molecular weight excluding hydrogens is 236 g/mol. The van der Waals surface area contributed by atoms with Crippen molar-refractivity contribution in [3.8, 4) is 0 Å². The van der Waals surface area contributed by atoms with Gasteiger partial charge in [-0.15, -0.1) is 0 Å². The maximum atomic E-state index is 4.53. The lowest BCUT2D eigenvalue weighted by Crippen LogP contribution is -2.45. The first-order valence-electron chi connectivity index (χ1n) is 6.72. The Balaban J connectivity index is 1.96. The summed E-state index contributed by atoms with van der Waals surface area (Å²) in [6.07, 6.45) is 3.71. The van der Waals surface area contributed by atoms with E-state index in [9.17, 15) is 0 Å². The molecule has 98 valence electrons. The Bertz CT molecular complexity index is 455. The van der Waals surface area contributed by atoms with Gasteiger partial charge in [0.1, 0.15) is 0 Å². The van der Waals surface area contributed by atoms with Crippen LogP contribution in [0.5, 0.6) is 0 Å². The van der Waals surface area contributed by atoms with Crippen molar-refractivity contribution in [2.24, 2.45) is 0 Å². The number of hydrogen-bond donors (Lipinski definition) is 1. The fraction of sp³-hybridized carbons (Fsp3) is 0.333. The predicted molar refractivity (Wildman–Crippen MR) is 74.8 cm³/mol. The van der Waals surface area contributed by atoms with Crippen LogP contribution in [0.3, 0.4) is 0 Å². The predicted octanol–water partition coefficient (Wildman–Crippen LogP) is 1.47. The van der Waals surface area contributed by atoms with Gasteiger partial charge in [0.15, 0.2) is 0 Å². The van der Waals surface area contributed by atoms with E-state index in [4.69, 9.17) is 0 Å². The van der Waals surface area contributed by atoms with E-state index in [0.717, 1.165) is 37.6 Å². The lowest BCUT2D eigenvalue weighted by molar-refractivity contribution is 0.192. The third kappa shape index (κ3) is 2.80. The largest absolute Gasteiger partial charge is 0.314 e. The number of nitrogens with zero attached hydrogens (tertiary/aromatic N) is 3. The lowest BCUT2D eigenvalue weighted by Gasteiger charge is -2.34. The van der Waals surface area contributed by atoms with Crippen LogP contribution in [0.4, 0.5) is 0 Å². The van der Waals surface area contributed by atoms with E-state index >= 15 is 0 Å². The van der Waals surface area contributed by atoms with Crippen molar-refractivity contribution >= 4 is 0 Å². The summed E-state index contributed by atoms with van der Waals surface area (Å²) >= 11 is 0. The molecule has 0 aromatic carbocycles.